The number of aromatic nitrogens is 3. The van der Waals surface area contributed by atoms with E-state index < -0.39 is 11.9 Å². The van der Waals surface area contributed by atoms with Crippen LogP contribution in [0, 0.1) is 6.92 Å². The van der Waals surface area contributed by atoms with E-state index in [-0.39, 0.29) is 0 Å². The molecule has 0 radical (unpaired) electrons. The summed E-state index contributed by atoms with van der Waals surface area (Å²) < 4.78 is 7.53. The van der Waals surface area contributed by atoms with Crippen molar-refractivity contribution >= 4 is 11.9 Å². The third-order valence-corrected chi connectivity index (χ3v) is 4.94. The van der Waals surface area contributed by atoms with Crippen LogP contribution in [0.15, 0.2) is 59.8 Å². The quantitative estimate of drug-likeness (QED) is 0.697. The Balaban J connectivity index is 1.89. The number of ether oxygens (including phenoxy) is 1. The molecule has 7 nitrogen and oxygen atoms in total. The van der Waals surface area contributed by atoms with Gasteiger partial charge in [0.15, 0.2) is 5.82 Å². The molecular formula is C22H23N5O2. The molecule has 0 spiro atoms. The van der Waals surface area contributed by atoms with E-state index in [4.69, 9.17) is 15.6 Å². The highest BCUT2D eigenvalue weighted by Crippen LogP contribution is 2.39. The minimum absolute atomic E-state index is 0.435. The Labute approximate surface area is 169 Å². The van der Waals surface area contributed by atoms with Crippen molar-refractivity contribution in [1.29, 1.82) is 0 Å². The topological polar surface area (TPSA) is 95.1 Å². The van der Waals surface area contributed by atoms with Crippen molar-refractivity contribution in [3.63, 3.8) is 0 Å². The first-order valence-electron chi connectivity index (χ1n) is 9.52. The first-order valence-corrected chi connectivity index (χ1v) is 9.52. The minimum atomic E-state index is -0.529. The smallest absolute Gasteiger partial charge is 0.248 e. The molecule has 1 aromatic heterocycles. The van der Waals surface area contributed by atoms with E-state index in [1.165, 1.54) is 0 Å². The highest BCUT2D eigenvalue weighted by Gasteiger charge is 2.35. The number of aryl methyl sites for hydroxylation is 1. The van der Waals surface area contributed by atoms with Crippen molar-refractivity contribution in [2.75, 3.05) is 11.9 Å². The number of nitrogens with two attached hydrogens (primary N) is 1. The zero-order chi connectivity index (χ0) is 20.5. The fraction of sp³-hybridized carbons (Fsp3) is 0.227. The van der Waals surface area contributed by atoms with Gasteiger partial charge in [-0.2, -0.15) is 4.98 Å². The number of nitrogens with zero attached hydrogens (tertiary/aromatic N) is 3. The average molecular weight is 389 g/mol. The Morgan fingerprint density at radius 1 is 1.17 bits per heavy atom. The molecule has 2 aromatic carbocycles. The van der Waals surface area contributed by atoms with Crippen LogP contribution >= 0.6 is 0 Å². The van der Waals surface area contributed by atoms with E-state index in [2.05, 4.69) is 10.3 Å². The number of rotatable bonds is 5. The maximum absolute atomic E-state index is 12.4. The second-order valence-electron chi connectivity index (χ2n) is 6.97. The van der Waals surface area contributed by atoms with Crippen LogP contribution in [0.25, 0.3) is 11.4 Å². The molecule has 29 heavy (non-hydrogen) atoms. The summed E-state index contributed by atoms with van der Waals surface area (Å²) in [6.07, 6.45) is 0. The number of hydrogen-bond acceptors (Lipinski definition) is 5. The maximum Gasteiger partial charge on any atom is 0.248 e. The standard InChI is InChI=1S/C22H23N5O2/c1-4-29-17-8-6-5-7-16(17)19-18(20(23)28)14(3)24-22-25-21(26-27(19)22)15-11-9-13(2)10-12-15/h5-12,19H,4H2,1-3H3,(H2,23,28)(H,24,25,26). The summed E-state index contributed by atoms with van der Waals surface area (Å²) >= 11 is 0. The number of benzene rings is 2. The molecule has 0 fully saturated rings. The maximum atomic E-state index is 12.4. The van der Waals surface area contributed by atoms with Crippen molar-refractivity contribution < 1.29 is 9.53 Å². The minimum Gasteiger partial charge on any atom is -0.494 e. The largest absolute Gasteiger partial charge is 0.494 e. The second kappa shape index (κ2) is 7.43. The molecule has 2 heterocycles. The molecule has 1 aliphatic rings. The molecule has 0 saturated heterocycles. The van der Waals surface area contributed by atoms with Crippen LogP contribution in [0.1, 0.15) is 31.0 Å². The third-order valence-electron chi connectivity index (χ3n) is 4.94. The van der Waals surface area contributed by atoms with E-state index in [0.717, 1.165) is 16.7 Å². The fourth-order valence-electron chi connectivity index (χ4n) is 3.58. The van der Waals surface area contributed by atoms with Crippen LogP contribution in [0.3, 0.4) is 0 Å². The van der Waals surface area contributed by atoms with Crippen molar-refractivity contribution in [2.45, 2.75) is 26.8 Å². The average Bonchev–Trinajstić information content (AvgIpc) is 3.11. The zero-order valence-electron chi connectivity index (χ0n) is 16.6. The lowest BCUT2D eigenvalue weighted by Gasteiger charge is -2.28. The normalized spacial score (nSPS) is 15.6. The van der Waals surface area contributed by atoms with E-state index in [1.807, 2.05) is 69.3 Å². The van der Waals surface area contributed by atoms with Crippen LogP contribution in [-0.2, 0) is 4.79 Å². The number of nitrogens with one attached hydrogen (secondary N) is 1. The number of amides is 1. The van der Waals surface area contributed by atoms with Gasteiger partial charge in [0.1, 0.15) is 11.8 Å². The van der Waals surface area contributed by atoms with Gasteiger partial charge in [-0.3, -0.25) is 4.79 Å². The molecule has 1 atom stereocenters. The predicted molar refractivity (Wildman–Crippen MR) is 111 cm³/mol. The van der Waals surface area contributed by atoms with E-state index >= 15 is 0 Å². The van der Waals surface area contributed by atoms with Gasteiger partial charge in [-0.1, -0.05) is 48.0 Å². The van der Waals surface area contributed by atoms with E-state index in [9.17, 15) is 4.79 Å². The molecule has 148 valence electrons. The van der Waals surface area contributed by atoms with Crippen LogP contribution in [0.2, 0.25) is 0 Å². The molecule has 7 heteroatoms. The van der Waals surface area contributed by atoms with Gasteiger partial charge in [0.2, 0.25) is 11.9 Å². The van der Waals surface area contributed by atoms with Gasteiger partial charge in [-0.25, -0.2) is 4.68 Å². The lowest BCUT2D eigenvalue weighted by molar-refractivity contribution is -0.115. The Bertz CT molecular complexity index is 1100. The Kier molecular flexibility index (Phi) is 4.80. The van der Waals surface area contributed by atoms with Crippen molar-refractivity contribution in [3.05, 3.63) is 70.9 Å². The van der Waals surface area contributed by atoms with Gasteiger partial charge in [0.25, 0.3) is 0 Å². The number of fused-ring (bicyclic) bond motifs is 1. The summed E-state index contributed by atoms with van der Waals surface area (Å²) in [6.45, 7) is 6.28. The molecule has 1 unspecified atom stereocenters. The molecule has 4 rings (SSSR count). The molecule has 1 amide bonds. The zero-order valence-corrected chi connectivity index (χ0v) is 16.6. The summed E-state index contributed by atoms with van der Waals surface area (Å²) in [5.74, 6) is 1.31. The summed E-state index contributed by atoms with van der Waals surface area (Å²) in [5, 5.41) is 7.89. The highest BCUT2D eigenvalue weighted by molar-refractivity contribution is 5.95. The van der Waals surface area contributed by atoms with Crippen molar-refractivity contribution in [2.24, 2.45) is 5.73 Å². The Hall–Kier alpha value is -3.61. The summed E-state index contributed by atoms with van der Waals surface area (Å²) in [6, 6.07) is 15.1. The van der Waals surface area contributed by atoms with Crippen LogP contribution in [-0.4, -0.2) is 27.3 Å². The molecule has 3 N–H and O–H groups in total. The number of anilines is 1. The molecule has 0 aliphatic carbocycles. The van der Waals surface area contributed by atoms with E-state index in [1.54, 1.807) is 4.68 Å². The fourth-order valence-corrected chi connectivity index (χ4v) is 3.58. The molecule has 3 aromatic rings. The van der Waals surface area contributed by atoms with Gasteiger partial charge < -0.3 is 15.8 Å². The second-order valence-corrected chi connectivity index (χ2v) is 6.97. The summed E-state index contributed by atoms with van der Waals surface area (Å²) in [4.78, 5) is 17.0. The Morgan fingerprint density at radius 3 is 2.59 bits per heavy atom. The van der Waals surface area contributed by atoms with E-state index in [0.29, 0.717) is 35.4 Å². The van der Waals surface area contributed by atoms with Gasteiger partial charge in [0.05, 0.1) is 12.2 Å². The molecule has 0 saturated carbocycles. The van der Waals surface area contributed by atoms with Crippen molar-refractivity contribution in [3.8, 4) is 17.1 Å². The molecule has 0 bridgehead atoms. The number of hydrogen-bond donors (Lipinski definition) is 2. The lowest BCUT2D eigenvalue weighted by Crippen LogP contribution is -2.32. The van der Waals surface area contributed by atoms with Crippen molar-refractivity contribution in [1.82, 2.24) is 14.8 Å². The lowest BCUT2D eigenvalue weighted by atomic mass is 9.94. The predicted octanol–water partition coefficient (Wildman–Crippen LogP) is 3.43. The number of primary amides is 1. The number of para-hydroxylation sites is 1. The number of carbonyl (C=O) groups excluding carboxylic acids is 1. The SMILES string of the molecule is CCOc1ccccc1C1C(C(N)=O)=C(C)Nc2nc(-c3ccc(C)cc3)nn21. The van der Waals surface area contributed by atoms with Gasteiger partial charge in [-0.15, -0.1) is 5.10 Å². The summed E-state index contributed by atoms with van der Waals surface area (Å²) in [7, 11) is 0. The monoisotopic (exact) mass is 389 g/mol. The molecule has 1 aliphatic heterocycles. The van der Waals surface area contributed by atoms with Crippen LogP contribution in [0.4, 0.5) is 5.95 Å². The van der Waals surface area contributed by atoms with Crippen LogP contribution in [0.5, 0.6) is 5.75 Å². The van der Waals surface area contributed by atoms with Crippen LogP contribution < -0.4 is 15.8 Å². The first kappa shape index (κ1) is 18.7. The Morgan fingerprint density at radius 2 is 1.90 bits per heavy atom. The first-order chi connectivity index (χ1) is 14.0. The van der Waals surface area contributed by atoms with Gasteiger partial charge in [0, 0.05) is 16.8 Å². The number of allylic oxidation sites excluding steroid dienone is 1. The number of carbonyl (C=O) groups is 1. The molecular weight excluding hydrogens is 366 g/mol. The third kappa shape index (κ3) is 3.35. The highest BCUT2D eigenvalue weighted by atomic mass is 16.5. The van der Waals surface area contributed by atoms with Gasteiger partial charge in [-0.05, 0) is 26.8 Å². The van der Waals surface area contributed by atoms with Gasteiger partial charge >= 0.3 is 0 Å². The summed E-state index contributed by atoms with van der Waals surface area (Å²) in [5.41, 5.74) is 9.72.